The molecule has 2 rings (SSSR count). The van der Waals surface area contributed by atoms with Gasteiger partial charge in [0, 0.05) is 35.8 Å². The highest BCUT2D eigenvalue weighted by atomic mass is 79.9. The van der Waals surface area contributed by atoms with Crippen molar-refractivity contribution >= 4 is 47.4 Å². The highest BCUT2D eigenvalue weighted by Gasteiger charge is 2.36. The Morgan fingerprint density at radius 2 is 2.09 bits per heavy atom. The number of rotatable bonds is 3. The molecule has 1 aliphatic heterocycles. The fourth-order valence-corrected chi connectivity index (χ4v) is 4.05. The number of aromatic nitrogens is 1. The van der Waals surface area contributed by atoms with Crippen molar-refractivity contribution in [3.63, 3.8) is 0 Å². The molecule has 0 bridgehead atoms. The summed E-state index contributed by atoms with van der Waals surface area (Å²) < 4.78 is 59.8. The second kappa shape index (κ2) is 5.97. The standard InChI is InChI=1S/C11H9BrClF3N2O3S/c12-8-2-7(11(14,15)16)3-17-10(8)18-4-6(1-9(18)19)5-22(13,20)21/h2-3,6H,1,4-5H2. The third-order valence-corrected chi connectivity index (χ3v) is 4.88. The Kier molecular flexibility index (Phi) is 4.74. The minimum atomic E-state index is -4.54. The molecule has 5 nitrogen and oxygen atoms in total. The summed E-state index contributed by atoms with van der Waals surface area (Å²) in [6, 6.07) is 0.821. The second-order valence-electron chi connectivity index (χ2n) is 4.81. The largest absolute Gasteiger partial charge is 0.417 e. The molecule has 22 heavy (non-hydrogen) atoms. The quantitative estimate of drug-likeness (QED) is 0.704. The SMILES string of the molecule is O=C1CC(CS(=O)(=O)Cl)CN1c1ncc(C(F)(F)F)cc1Br. The average Bonchev–Trinajstić information content (AvgIpc) is 2.66. The summed E-state index contributed by atoms with van der Waals surface area (Å²) in [5.74, 6) is -1.30. The third-order valence-electron chi connectivity index (χ3n) is 3.04. The van der Waals surface area contributed by atoms with Crippen molar-refractivity contribution < 1.29 is 26.4 Å². The molecule has 1 aromatic heterocycles. The highest BCUT2D eigenvalue weighted by molar-refractivity contribution is 9.10. The van der Waals surface area contributed by atoms with Gasteiger partial charge in [-0.2, -0.15) is 13.2 Å². The summed E-state index contributed by atoms with van der Waals surface area (Å²) in [4.78, 5) is 16.7. The highest BCUT2D eigenvalue weighted by Crippen LogP contribution is 2.35. The van der Waals surface area contributed by atoms with Gasteiger partial charge in [-0.1, -0.05) is 0 Å². The first-order valence-electron chi connectivity index (χ1n) is 5.93. The molecule has 0 aromatic carbocycles. The molecule has 1 saturated heterocycles. The van der Waals surface area contributed by atoms with Crippen molar-refractivity contribution in [2.75, 3.05) is 17.2 Å². The number of hydrogen-bond donors (Lipinski definition) is 0. The van der Waals surface area contributed by atoms with Crippen LogP contribution in [0.25, 0.3) is 0 Å². The molecule has 0 N–H and O–H groups in total. The molecule has 11 heteroatoms. The summed E-state index contributed by atoms with van der Waals surface area (Å²) in [5, 5.41) is 0. The molecule has 1 amide bonds. The van der Waals surface area contributed by atoms with Crippen LogP contribution in [0.1, 0.15) is 12.0 Å². The van der Waals surface area contributed by atoms with Crippen LogP contribution in [0.15, 0.2) is 16.7 Å². The number of alkyl halides is 3. The van der Waals surface area contributed by atoms with Gasteiger partial charge in [0.05, 0.1) is 15.8 Å². The van der Waals surface area contributed by atoms with E-state index >= 15 is 0 Å². The van der Waals surface area contributed by atoms with Crippen molar-refractivity contribution in [1.82, 2.24) is 4.98 Å². The first-order valence-corrected chi connectivity index (χ1v) is 9.20. The Hall–Kier alpha value is -0.870. The molecule has 1 aliphatic rings. The number of carbonyl (C=O) groups excluding carboxylic acids is 1. The van der Waals surface area contributed by atoms with Gasteiger partial charge in [-0.15, -0.1) is 0 Å². The van der Waals surface area contributed by atoms with Crippen LogP contribution < -0.4 is 4.90 Å². The molecule has 0 spiro atoms. The van der Waals surface area contributed by atoms with Crippen LogP contribution in [0, 0.1) is 5.92 Å². The van der Waals surface area contributed by atoms with Crippen LogP contribution in [0.3, 0.4) is 0 Å². The predicted octanol–water partition coefficient (Wildman–Crippen LogP) is 2.78. The number of anilines is 1. The molecule has 1 unspecified atom stereocenters. The molecule has 1 fully saturated rings. The van der Waals surface area contributed by atoms with Crippen LogP contribution in [-0.4, -0.2) is 31.6 Å². The number of carbonyl (C=O) groups is 1. The lowest BCUT2D eigenvalue weighted by Gasteiger charge is -2.18. The van der Waals surface area contributed by atoms with Crippen molar-refractivity contribution in [3.05, 3.63) is 22.3 Å². The lowest BCUT2D eigenvalue weighted by Crippen LogP contribution is -2.27. The van der Waals surface area contributed by atoms with Gasteiger partial charge in [-0.25, -0.2) is 13.4 Å². The monoisotopic (exact) mass is 420 g/mol. The number of pyridine rings is 1. The fourth-order valence-electron chi connectivity index (χ4n) is 2.16. The van der Waals surface area contributed by atoms with Crippen LogP contribution in [0.2, 0.25) is 0 Å². The number of hydrogen-bond acceptors (Lipinski definition) is 4. The van der Waals surface area contributed by atoms with E-state index in [2.05, 4.69) is 20.9 Å². The van der Waals surface area contributed by atoms with Gasteiger partial charge in [-0.3, -0.25) is 9.69 Å². The first kappa shape index (κ1) is 17.5. The van der Waals surface area contributed by atoms with E-state index in [1.807, 2.05) is 0 Å². The van der Waals surface area contributed by atoms with Crippen molar-refractivity contribution in [1.29, 1.82) is 0 Å². The summed E-state index contributed by atoms with van der Waals surface area (Å²) >= 11 is 2.96. The Bertz CT molecular complexity index is 711. The number of halogens is 5. The Morgan fingerprint density at radius 3 is 2.59 bits per heavy atom. The van der Waals surface area contributed by atoms with E-state index in [1.54, 1.807) is 0 Å². The van der Waals surface area contributed by atoms with E-state index in [1.165, 1.54) is 0 Å². The molecule has 1 atom stereocenters. The predicted molar refractivity (Wildman–Crippen MR) is 77.0 cm³/mol. The van der Waals surface area contributed by atoms with Crippen molar-refractivity contribution in [2.45, 2.75) is 12.6 Å². The van der Waals surface area contributed by atoms with Gasteiger partial charge < -0.3 is 0 Å². The van der Waals surface area contributed by atoms with Gasteiger partial charge in [0.25, 0.3) is 0 Å². The zero-order valence-electron chi connectivity index (χ0n) is 10.8. The summed E-state index contributed by atoms with van der Waals surface area (Å²) in [6.45, 7) is 0.0295. The van der Waals surface area contributed by atoms with Crippen LogP contribution in [0.4, 0.5) is 19.0 Å². The van der Waals surface area contributed by atoms with Gasteiger partial charge >= 0.3 is 6.18 Å². The Morgan fingerprint density at radius 1 is 1.45 bits per heavy atom. The van der Waals surface area contributed by atoms with Crippen LogP contribution in [0.5, 0.6) is 0 Å². The van der Waals surface area contributed by atoms with Crippen LogP contribution in [-0.2, 0) is 20.0 Å². The zero-order valence-corrected chi connectivity index (χ0v) is 13.9. The lowest BCUT2D eigenvalue weighted by molar-refractivity contribution is -0.137. The normalized spacial score (nSPS) is 19.8. The van der Waals surface area contributed by atoms with Gasteiger partial charge in [0.1, 0.15) is 5.82 Å². The summed E-state index contributed by atoms with van der Waals surface area (Å²) in [5.41, 5.74) is -0.949. The molecule has 0 radical (unpaired) electrons. The van der Waals surface area contributed by atoms with E-state index in [9.17, 15) is 26.4 Å². The van der Waals surface area contributed by atoms with Crippen LogP contribution >= 0.6 is 26.6 Å². The maximum Gasteiger partial charge on any atom is 0.417 e. The maximum absolute atomic E-state index is 12.6. The first-order chi connectivity index (χ1) is 9.97. The van der Waals surface area contributed by atoms with E-state index in [-0.39, 0.29) is 29.0 Å². The molecule has 2 heterocycles. The summed E-state index contributed by atoms with van der Waals surface area (Å²) in [7, 11) is 1.39. The molecule has 0 saturated carbocycles. The van der Waals surface area contributed by atoms with Gasteiger partial charge in [-0.05, 0) is 22.0 Å². The van der Waals surface area contributed by atoms with Crippen molar-refractivity contribution in [2.24, 2.45) is 5.92 Å². The smallest absolute Gasteiger partial charge is 0.296 e. The fraction of sp³-hybridized carbons (Fsp3) is 0.455. The number of nitrogens with zero attached hydrogens (tertiary/aromatic N) is 2. The van der Waals surface area contributed by atoms with E-state index in [0.717, 1.165) is 11.0 Å². The van der Waals surface area contributed by atoms with Gasteiger partial charge in [0.15, 0.2) is 0 Å². The maximum atomic E-state index is 12.6. The molecular formula is C11H9BrClF3N2O3S. The molecular weight excluding hydrogens is 413 g/mol. The summed E-state index contributed by atoms with van der Waals surface area (Å²) in [6.07, 6.45) is -3.97. The minimum absolute atomic E-state index is 0.00468. The lowest BCUT2D eigenvalue weighted by atomic mass is 10.1. The second-order valence-corrected chi connectivity index (χ2v) is 8.48. The zero-order chi connectivity index (χ0) is 16.7. The molecule has 122 valence electrons. The van der Waals surface area contributed by atoms with E-state index < -0.39 is 32.6 Å². The topological polar surface area (TPSA) is 67.3 Å². The Labute approximate surface area is 137 Å². The Balaban J connectivity index is 2.24. The number of amides is 1. The minimum Gasteiger partial charge on any atom is -0.296 e. The molecule has 1 aromatic rings. The third kappa shape index (κ3) is 4.11. The van der Waals surface area contributed by atoms with Crippen molar-refractivity contribution in [3.8, 4) is 0 Å². The average molecular weight is 422 g/mol. The van der Waals surface area contributed by atoms with E-state index in [4.69, 9.17) is 10.7 Å². The van der Waals surface area contributed by atoms with E-state index in [0.29, 0.717) is 6.20 Å². The van der Waals surface area contributed by atoms with Gasteiger partial charge in [0.2, 0.25) is 15.0 Å². The molecule has 0 aliphatic carbocycles.